The standard InChI is InChI=1S/C13H16INOS/c1-2-5-15-12(8-11-4-3-6-16-11)10-7-13(14)17-9-10/h3-4,6-7,9,12,15H,2,5,8H2,1H3. The van der Waals surface area contributed by atoms with Gasteiger partial charge in [0.1, 0.15) is 5.76 Å². The maximum atomic E-state index is 5.43. The molecule has 0 amide bonds. The zero-order chi connectivity index (χ0) is 12.1. The minimum atomic E-state index is 0.362. The van der Waals surface area contributed by atoms with E-state index in [0.717, 1.165) is 25.1 Å². The predicted molar refractivity (Wildman–Crippen MR) is 80.5 cm³/mol. The summed E-state index contributed by atoms with van der Waals surface area (Å²) in [6.07, 6.45) is 3.80. The van der Waals surface area contributed by atoms with Crippen LogP contribution in [-0.4, -0.2) is 6.54 Å². The van der Waals surface area contributed by atoms with Gasteiger partial charge in [-0.3, -0.25) is 0 Å². The van der Waals surface area contributed by atoms with Gasteiger partial charge >= 0.3 is 0 Å². The third-order valence-corrected chi connectivity index (χ3v) is 4.42. The summed E-state index contributed by atoms with van der Waals surface area (Å²) in [7, 11) is 0. The van der Waals surface area contributed by atoms with Gasteiger partial charge < -0.3 is 9.73 Å². The van der Waals surface area contributed by atoms with Crippen LogP contribution in [0.5, 0.6) is 0 Å². The van der Waals surface area contributed by atoms with Gasteiger partial charge in [0.15, 0.2) is 0 Å². The molecule has 0 saturated carbocycles. The maximum Gasteiger partial charge on any atom is 0.105 e. The molecule has 0 aliphatic rings. The van der Waals surface area contributed by atoms with Crippen molar-refractivity contribution >= 4 is 33.9 Å². The second-order valence-corrected chi connectivity index (χ2v) is 6.78. The highest BCUT2D eigenvalue weighted by Crippen LogP contribution is 2.25. The van der Waals surface area contributed by atoms with Crippen LogP contribution in [0.1, 0.15) is 30.7 Å². The Balaban J connectivity index is 2.07. The third kappa shape index (κ3) is 3.82. The van der Waals surface area contributed by atoms with E-state index >= 15 is 0 Å². The van der Waals surface area contributed by atoms with Crippen LogP contribution in [0.15, 0.2) is 34.3 Å². The Kier molecular flexibility index (Phi) is 5.06. The molecule has 0 bridgehead atoms. The first-order valence-corrected chi connectivity index (χ1v) is 7.75. The topological polar surface area (TPSA) is 25.2 Å². The predicted octanol–water partition coefficient (Wildman–Crippen LogP) is 4.23. The summed E-state index contributed by atoms with van der Waals surface area (Å²) < 4.78 is 6.77. The van der Waals surface area contributed by atoms with Crippen molar-refractivity contribution in [2.45, 2.75) is 25.8 Å². The Morgan fingerprint density at radius 3 is 3.00 bits per heavy atom. The second kappa shape index (κ2) is 6.56. The molecule has 0 saturated heterocycles. The van der Waals surface area contributed by atoms with Gasteiger partial charge in [-0.1, -0.05) is 6.92 Å². The first-order valence-electron chi connectivity index (χ1n) is 5.79. The van der Waals surface area contributed by atoms with Crippen molar-refractivity contribution in [3.63, 3.8) is 0 Å². The number of halogens is 1. The monoisotopic (exact) mass is 361 g/mol. The average molecular weight is 361 g/mol. The molecular weight excluding hydrogens is 345 g/mol. The lowest BCUT2D eigenvalue weighted by Crippen LogP contribution is -2.23. The second-order valence-electron chi connectivity index (χ2n) is 3.97. The molecule has 92 valence electrons. The van der Waals surface area contributed by atoms with E-state index in [4.69, 9.17) is 4.42 Å². The molecule has 0 radical (unpaired) electrons. The lowest BCUT2D eigenvalue weighted by atomic mass is 10.1. The van der Waals surface area contributed by atoms with Crippen molar-refractivity contribution in [3.05, 3.63) is 44.0 Å². The minimum Gasteiger partial charge on any atom is -0.469 e. The highest BCUT2D eigenvalue weighted by molar-refractivity contribution is 14.1. The van der Waals surface area contributed by atoms with Gasteiger partial charge in [0.05, 0.1) is 9.15 Å². The summed E-state index contributed by atoms with van der Waals surface area (Å²) >= 11 is 4.16. The summed E-state index contributed by atoms with van der Waals surface area (Å²) in [5.41, 5.74) is 1.37. The van der Waals surface area contributed by atoms with Gasteiger partial charge in [-0.15, -0.1) is 11.3 Å². The first-order chi connectivity index (χ1) is 8.29. The largest absolute Gasteiger partial charge is 0.469 e. The van der Waals surface area contributed by atoms with E-state index in [-0.39, 0.29) is 0 Å². The van der Waals surface area contributed by atoms with Crippen LogP contribution in [0.3, 0.4) is 0 Å². The molecule has 2 nitrogen and oxygen atoms in total. The highest BCUT2D eigenvalue weighted by atomic mass is 127. The third-order valence-electron chi connectivity index (χ3n) is 2.62. The van der Waals surface area contributed by atoms with Gasteiger partial charge in [0, 0.05) is 12.5 Å². The number of hydrogen-bond donors (Lipinski definition) is 1. The van der Waals surface area contributed by atoms with Crippen LogP contribution in [0.25, 0.3) is 0 Å². The summed E-state index contributed by atoms with van der Waals surface area (Å²) in [4.78, 5) is 0. The first kappa shape index (κ1) is 13.1. The van der Waals surface area contributed by atoms with E-state index in [1.54, 1.807) is 17.6 Å². The van der Waals surface area contributed by atoms with E-state index in [0.29, 0.717) is 6.04 Å². The van der Waals surface area contributed by atoms with Crippen molar-refractivity contribution in [1.29, 1.82) is 0 Å². The average Bonchev–Trinajstić information content (AvgIpc) is 2.95. The number of furan rings is 1. The van der Waals surface area contributed by atoms with Gasteiger partial charge in [-0.05, 0) is 64.7 Å². The molecule has 0 aliphatic heterocycles. The quantitative estimate of drug-likeness (QED) is 0.779. The SMILES string of the molecule is CCCNC(Cc1ccco1)c1csc(I)c1. The van der Waals surface area contributed by atoms with Crippen LogP contribution in [-0.2, 0) is 6.42 Å². The molecule has 4 heteroatoms. The van der Waals surface area contributed by atoms with Gasteiger partial charge in [-0.25, -0.2) is 0 Å². The molecule has 2 aromatic rings. The van der Waals surface area contributed by atoms with E-state index in [2.05, 4.69) is 46.3 Å². The van der Waals surface area contributed by atoms with Crippen LogP contribution in [0.4, 0.5) is 0 Å². The molecule has 1 unspecified atom stereocenters. The molecule has 17 heavy (non-hydrogen) atoms. The van der Waals surface area contributed by atoms with Crippen LogP contribution >= 0.6 is 33.9 Å². The van der Waals surface area contributed by atoms with Crippen molar-refractivity contribution in [2.75, 3.05) is 6.54 Å². The van der Waals surface area contributed by atoms with Crippen molar-refractivity contribution in [1.82, 2.24) is 5.32 Å². The molecule has 1 atom stereocenters. The minimum absolute atomic E-state index is 0.362. The number of nitrogens with one attached hydrogen (secondary N) is 1. The van der Waals surface area contributed by atoms with Gasteiger partial charge in [-0.2, -0.15) is 0 Å². The molecule has 0 fully saturated rings. The normalized spacial score (nSPS) is 12.8. The van der Waals surface area contributed by atoms with E-state index in [1.807, 2.05) is 12.1 Å². The molecule has 2 rings (SSSR count). The molecule has 2 heterocycles. The Labute approximate surface area is 120 Å². The lowest BCUT2D eigenvalue weighted by Gasteiger charge is -2.16. The lowest BCUT2D eigenvalue weighted by molar-refractivity contribution is 0.449. The van der Waals surface area contributed by atoms with Crippen LogP contribution < -0.4 is 5.32 Å². The Morgan fingerprint density at radius 2 is 2.41 bits per heavy atom. The Morgan fingerprint density at radius 1 is 1.53 bits per heavy atom. The van der Waals surface area contributed by atoms with Gasteiger partial charge in [0.2, 0.25) is 0 Å². The molecule has 0 aromatic carbocycles. The van der Waals surface area contributed by atoms with E-state index in [1.165, 1.54) is 8.45 Å². The van der Waals surface area contributed by atoms with Crippen LogP contribution in [0.2, 0.25) is 0 Å². The zero-order valence-corrected chi connectivity index (χ0v) is 12.8. The van der Waals surface area contributed by atoms with Gasteiger partial charge in [0.25, 0.3) is 0 Å². The molecule has 1 N–H and O–H groups in total. The Hall–Kier alpha value is -0.330. The van der Waals surface area contributed by atoms with Crippen molar-refractivity contribution in [2.24, 2.45) is 0 Å². The summed E-state index contributed by atoms with van der Waals surface area (Å²) in [6.45, 7) is 3.23. The van der Waals surface area contributed by atoms with E-state index in [9.17, 15) is 0 Å². The summed E-state index contributed by atoms with van der Waals surface area (Å²) in [5.74, 6) is 1.04. The highest BCUT2D eigenvalue weighted by Gasteiger charge is 2.14. The molecule has 0 spiro atoms. The summed E-state index contributed by atoms with van der Waals surface area (Å²) in [6, 6.07) is 6.60. The smallest absolute Gasteiger partial charge is 0.105 e. The molecule has 2 aromatic heterocycles. The molecule has 0 aliphatic carbocycles. The fraction of sp³-hybridized carbons (Fsp3) is 0.385. The Bertz CT molecular complexity index is 438. The molecular formula is C13H16INOS. The van der Waals surface area contributed by atoms with Crippen molar-refractivity contribution < 1.29 is 4.42 Å². The maximum absolute atomic E-state index is 5.43. The number of hydrogen-bond acceptors (Lipinski definition) is 3. The summed E-state index contributed by atoms with van der Waals surface area (Å²) in [5, 5.41) is 5.81. The fourth-order valence-corrected chi connectivity index (χ4v) is 3.19. The zero-order valence-electron chi connectivity index (χ0n) is 9.78. The fourth-order valence-electron chi connectivity index (χ4n) is 1.76. The van der Waals surface area contributed by atoms with Crippen molar-refractivity contribution in [3.8, 4) is 0 Å². The number of thiophene rings is 1. The number of rotatable bonds is 6. The van der Waals surface area contributed by atoms with Crippen LogP contribution in [0, 0.1) is 2.88 Å². The van der Waals surface area contributed by atoms with E-state index < -0.39 is 0 Å².